The Balaban J connectivity index is 2.00. The van der Waals surface area contributed by atoms with Gasteiger partial charge in [-0.05, 0) is 25.7 Å². The monoisotopic (exact) mass is 194 g/mol. The van der Waals surface area contributed by atoms with Crippen LogP contribution in [0, 0.1) is 17.2 Å². The predicted molar refractivity (Wildman–Crippen MR) is 53.6 cm³/mol. The number of nitrogens with zero attached hydrogens (tertiary/aromatic N) is 2. The van der Waals surface area contributed by atoms with Crippen LogP contribution in [-0.2, 0) is 0 Å². The first-order chi connectivity index (χ1) is 6.69. The van der Waals surface area contributed by atoms with Crippen LogP contribution in [0.3, 0.4) is 0 Å². The van der Waals surface area contributed by atoms with Crippen molar-refractivity contribution < 1.29 is 5.11 Å². The van der Waals surface area contributed by atoms with Crippen molar-refractivity contribution in [3.05, 3.63) is 0 Å². The van der Waals surface area contributed by atoms with Crippen LogP contribution in [-0.4, -0.2) is 34.7 Å². The van der Waals surface area contributed by atoms with Gasteiger partial charge in [0.1, 0.15) is 0 Å². The number of β-amino-alcohol motifs (C(OH)–C–C–N with tert-alkyl or cyclic N) is 1. The molecule has 1 N–H and O–H groups in total. The Morgan fingerprint density at radius 1 is 1.64 bits per heavy atom. The smallest absolute Gasteiger partial charge is 0.0943 e. The lowest BCUT2D eigenvalue weighted by atomic mass is 9.86. The molecule has 1 saturated carbocycles. The van der Waals surface area contributed by atoms with Crippen LogP contribution >= 0.6 is 0 Å². The summed E-state index contributed by atoms with van der Waals surface area (Å²) in [5.41, 5.74) is -0.730. The third-order valence-corrected chi connectivity index (χ3v) is 3.58. The summed E-state index contributed by atoms with van der Waals surface area (Å²) in [6, 6.07) is 2.95. The largest absolute Gasteiger partial charge is 0.387 e. The standard InChI is InChI=1S/C11H18N2O/c1-2-9(7-12)11(14)5-6-13(8-11)10-3-4-10/h9-10,14H,2-6,8H2,1H3. The fraction of sp³-hybridized carbons (Fsp3) is 0.909. The van der Waals surface area contributed by atoms with Crippen molar-refractivity contribution in [2.24, 2.45) is 5.92 Å². The highest BCUT2D eigenvalue weighted by atomic mass is 16.3. The van der Waals surface area contributed by atoms with Crippen molar-refractivity contribution in [1.29, 1.82) is 5.26 Å². The number of hydrogen-bond acceptors (Lipinski definition) is 3. The summed E-state index contributed by atoms with van der Waals surface area (Å²) in [5, 5.41) is 19.3. The maximum absolute atomic E-state index is 10.3. The van der Waals surface area contributed by atoms with Crippen LogP contribution < -0.4 is 0 Å². The Bertz CT molecular complexity index is 257. The summed E-state index contributed by atoms with van der Waals surface area (Å²) < 4.78 is 0. The zero-order chi connectivity index (χ0) is 10.2. The Labute approximate surface area is 85.3 Å². The Morgan fingerprint density at radius 3 is 2.86 bits per heavy atom. The van der Waals surface area contributed by atoms with E-state index in [0.717, 1.165) is 19.4 Å². The van der Waals surface area contributed by atoms with E-state index in [0.29, 0.717) is 12.6 Å². The van der Waals surface area contributed by atoms with Gasteiger partial charge in [0.05, 0.1) is 17.6 Å². The molecule has 0 bridgehead atoms. The predicted octanol–water partition coefficient (Wildman–Crippen LogP) is 1.14. The van der Waals surface area contributed by atoms with Crippen LogP contribution in [0.5, 0.6) is 0 Å². The molecule has 14 heavy (non-hydrogen) atoms. The van der Waals surface area contributed by atoms with E-state index in [4.69, 9.17) is 5.26 Å². The van der Waals surface area contributed by atoms with Crippen molar-refractivity contribution in [3.8, 4) is 6.07 Å². The number of nitriles is 1. The second-order valence-electron chi connectivity index (χ2n) is 4.65. The lowest BCUT2D eigenvalue weighted by Crippen LogP contribution is -2.40. The number of rotatable bonds is 3. The second kappa shape index (κ2) is 3.52. The third-order valence-electron chi connectivity index (χ3n) is 3.58. The van der Waals surface area contributed by atoms with Gasteiger partial charge in [-0.1, -0.05) is 6.92 Å². The molecule has 1 aliphatic carbocycles. The van der Waals surface area contributed by atoms with Gasteiger partial charge in [0.15, 0.2) is 0 Å². The van der Waals surface area contributed by atoms with Crippen molar-refractivity contribution in [2.45, 2.75) is 44.2 Å². The molecule has 0 radical (unpaired) electrons. The minimum absolute atomic E-state index is 0.189. The molecule has 2 aliphatic rings. The Morgan fingerprint density at radius 2 is 2.36 bits per heavy atom. The van der Waals surface area contributed by atoms with Gasteiger partial charge in [-0.2, -0.15) is 5.26 Å². The summed E-state index contributed by atoms with van der Waals surface area (Å²) in [6.45, 7) is 3.66. The van der Waals surface area contributed by atoms with Gasteiger partial charge in [-0.3, -0.25) is 4.90 Å². The van der Waals surface area contributed by atoms with Gasteiger partial charge in [0.2, 0.25) is 0 Å². The number of aliphatic hydroxyl groups is 1. The van der Waals surface area contributed by atoms with Crippen LogP contribution in [0.25, 0.3) is 0 Å². The van der Waals surface area contributed by atoms with Gasteiger partial charge in [-0.15, -0.1) is 0 Å². The lowest BCUT2D eigenvalue weighted by Gasteiger charge is -2.27. The SMILES string of the molecule is CCC(C#N)C1(O)CCN(C2CC2)C1. The molecule has 2 rings (SSSR count). The molecule has 0 aromatic heterocycles. The summed E-state index contributed by atoms with van der Waals surface area (Å²) in [7, 11) is 0. The highest BCUT2D eigenvalue weighted by molar-refractivity contribution is 5.05. The molecule has 1 heterocycles. The molecule has 0 aromatic carbocycles. The van der Waals surface area contributed by atoms with Crippen molar-refractivity contribution in [1.82, 2.24) is 4.90 Å². The molecule has 3 nitrogen and oxygen atoms in total. The van der Waals surface area contributed by atoms with Gasteiger partial charge in [0, 0.05) is 19.1 Å². The van der Waals surface area contributed by atoms with E-state index < -0.39 is 5.60 Å². The highest BCUT2D eigenvalue weighted by Crippen LogP contribution is 2.37. The second-order valence-corrected chi connectivity index (χ2v) is 4.65. The molecule has 3 heteroatoms. The molecule has 2 fully saturated rings. The topological polar surface area (TPSA) is 47.3 Å². The molecule has 1 aliphatic heterocycles. The first kappa shape index (κ1) is 9.95. The molecule has 2 atom stereocenters. The van der Waals surface area contributed by atoms with Crippen LogP contribution in [0.4, 0.5) is 0 Å². The average Bonchev–Trinajstić information content (AvgIpc) is 2.93. The van der Waals surface area contributed by atoms with Crippen LogP contribution in [0.2, 0.25) is 0 Å². The van der Waals surface area contributed by atoms with Gasteiger partial charge >= 0.3 is 0 Å². The molecule has 0 spiro atoms. The maximum Gasteiger partial charge on any atom is 0.0943 e. The fourth-order valence-electron chi connectivity index (χ4n) is 2.47. The lowest BCUT2D eigenvalue weighted by molar-refractivity contribution is 0.00979. The van der Waals surface area contributed by atoms with Gasteiger partial charge < -0.3 is 5.11 Å². The van der Waals surface area contributed by atoms with E-state index in [2.05, 4.69) is 11.0 Å². The molecule has 1 saturated heterocycles. The van der Waals surface area contributed by atoms with Crippen LogP contribution in [0.1, 0.15) is 32.6 Å². The minimum Gasteiger partial charge on any atom is -0.387 e. The van der Waals surface area contributed by atoms with Crippen molar-refractivity contribution in [3.63, 3.8) is 0 Å². The van der Waals surface area contributed by atoms with Crippen molar-refractivity contribution >= 4 is 0 Å². The third kappa shape index (κ3) is 1.65. The quantitative estimate of drug-likeness (QED) is 0.732. The zero-order valence-electron chi connectivity index (χ0n) is 8.74. The number of hydrogen-bond donors (Lipinski definition) is 1. The Kier molecular flexibility index (Phi) is 2.50. The van der Waals surface area contributed by atoms with Gasteiger partial charge in [0.25, 0.3) is 0 Å². The van der Waals surface area contributed by atoms with Crippen molar-refractivity contribution in [2.75, 3.05) is 13.1 Å². The minimum atomic E-state index is -0.730. The molecular weight excluding hydrogens is 176 g/mol. The molecular formula is C11H18N2O. The van der Waals surface area contributed by atoms with E-state index in [1.807, 2.05) is 6.92 Å². The zero-order valence-corrected chi connectivity index (χ0v) is 8.74. The van der Waals surface area contributed by atoms with Gasteiger partial charge in [-0.25, -0.2) is 0 Å². The van der Waals surface area contributed by atoms with E-state index in [9.17, 15) is 5.11 Å². The fourth-order valence-corrected chi connectivity index (χ4v) is 2.47. The van der Waals surface area contributed by atoms with Crippen LogP contribution in [0.15, 0.2) is 0 Å². The number of likely N-dealkylation sites (tertiary alicyclic amines) is 1. The summed E-state index contributed by atoms with van der Waals surface area (Å²) in [4.78, 5) is 2.35. The van der Waals surface area contributed by atoms with E-state index >= 15 is 0 Å². The van der Waals surface area contributed by atoms with E-state index in [-0.39, 0.29) is 5.92 Å². The Hall–Kier alpha value is -0.590. The summed E-state index contributed by atoms with van der Waals surface area (Å²) in [5.74, 6) is -0.189. The van der Waals surface area contributed by atoms with E-state index in [1.165, 1.54) is 12.8 Å². The highest BCUT2D eigenvalue weighted by Gasteiger charge is 2.46. The van der Waals surface area contributed by atoms with E-state index in [1.54, 1.807) is 0 Å². The first-order valence-electron chi connectivity index (χ1n) is 5.55. The first-order valence-corrected chi connectivity index (χ1v) is 5.55. The molecule has 78 valence electrons. The summed E-state index contributed by atoms with van der Waals surface area (Å²) >= 11 is 0. The molecule has 2 unspecified atom stereocenters. The normalized spacial score (nSPS) is 35.5. The maximum atomic E-state index is 10.3. The average molecular weight is 194 g/mol. The summed E-state index contributed by atoms with van der Waals surface area (Å²) in [6.07, 6.45) is 4.08. The molecule has 0 aromatic rings. The molecule has 0 amide bonds.